The summed E-state index contributed by atoms with van der Waals surface area (Å²) >= 11 is 0. The molecule has 174 valence electrons. The van der Waals surface area contributed by atoms with E-state index in [0.717, 1.165) is 24.0 Å². The normalized spacial score (nSPS) is 13.7. The molecule has 0 heterocycles. The lowest BCUT2D eigenvalue weighted by atomic mass is 9.84. The highest BCUT2D eigenvalue weighted by Crippen LogP contribution is 2.23. The van der Waals surface area contributed by atoms with Crippen LogP contribution in [0.2, 0.25) is 0 Å². The number of aliphatic imine (C=N–C) groups is 1. The molecule has 8 heteroatoms. The van der Waals surface area contributed by atoms with Gasteiger partial charge in [0.1, 0.15) is 11.6 Å². The Morgan fingerprint density at radius 2 is 1.91 bits per heavy atom. The van der Waals surface area contributed by atoms with Crippen LogP contribution < -0.4 is 20.7 Å². The predicted molar refractivity (Wildman–Crippen MR) is 136 cm³/mol. The van der Waals surface area contributed by atoms with Gasteiger partial charge >= 0.3 is 0 Å². The first-order valence-corrected chi connectivity index (χ1v) is 10.6. The zero-order chi connectivity index (χ0) is 22.3. The van der Waals surface area contributed by atoms with Crippen molar-refractivity contribution in [3.05, 3.63) is 65.5 Å². The maximum Gasteiger partial charge on any atom is 0.258 e. The van der Waals surface area contributed by atoms with Gasteiger partial charge in [0.2, 0.25) is 0 Å². The van der Waals surface area contributed by atoms with Gasteiger partial charge in [-0.1, -0.05) is 38.1 Å². The van der Waals surface area contributed by atoms with Gasteiger partial charge in [-0.15, -0.1) is 24.0 Å². The highest BCUT2D eigenvalue weighted by molar-refractivity contribution is 14.0. The van der Waals surface area contributed by atoms with Crippen LogP contribution in [0.4, 0.5) is 4.39 Å². The van der Waals surface area contributed by atoms with E-state index in [1.54, 1.807) is 19.2 Å². The van der Waals surface area contributed by atoms with Gasteiger partial charge in [0, 0.05) is 31.6 Å². The van der Waals surface area contributed by atoms with Crippen LogP contribution in [-0.4, -0.2) is 38.1 Å². The first-order chi connectivity index (χ1) is 14.9. The van der Waals surface area contributed by atoms with E-state index in [2.05, 4.69) is 34.8 Å². The Bertz CT molecular complexity index is 932. The molecule has 1 fully saturated rings. The van der Waals surface area contributed by atoms with Crippen LogP contribution >= 0.6 is 24.0 Å². The Balaban J connectivity index is 0.00000363. The number of carbonyl (C=O) groups excluding carboxylic acids is 1. The molecule has 0 aliphatic heterocycles. The lowest BCUT2D eigenvalue weighted by Crippen LogP contribution is -2.43. The number of guanidine groups is 1. The third kappa shape index (κ3) is 8.29. The van der Waals surface area contributed by atoms with Crippen molar-refractivity contribution >= 4 is 35.8 Å². The standard InChI is InChI=1S/C24H31FN4O2.HI/c1-24(2,18-7-5-8-19(25)13-18)16-28-23(26-3)27-14-17-6-4-9-21(12-17)31-15-22(30)29-20-10-11-20;/h4-9,12-13,20H,10-11,14-16H2,1-3H3,(H,29,30)(H2,26,27,28);1H. The highest BCUT2D eigenvalue weighted by Gasteiger charge is 2.23. The van der Waals surface area contributed by atoms with Crippen molar-refractivity contribution in [1.29, 1.82) is 0 Å². The van der Waals surface area contributed by atoms with E-state index in [-0.39, 0.29) is 47.7 Å². The number of carbonyl (C=O) groups is 1. The number of hydrogen-bond donors (Lipinski definition) is 3. The number of hydrogen-bond acceptors (Lipinski definition) is 3. The molecule has 2 aromatic rings. The second-order valence-electron chi connectivity index (χ2n) is 8.45. The number of nitrogens with one attached hydrogen (secondary N) is 3. The summed E-state index contributed by atoms with van der Waals surface area (Å²) in [7, 11) is 1.71. The number of ether oxygens (including phenoxy) is 1. The molecule has 1 saturated carbocycles. The quantitative estimate of drug-likeness (QED) is 0.251. The summed E-state index contributed by atoms with van der Waals surface area (Å²) in [6.07, 6.45) is 2.11. The number of nitrogens with zero attached hydrogens (tertiary/aromatic N) is 1. The molecule has 0 atom stereocenters. The third-order valence-corrected chi connectivity index (χ3v) is 5.20. The third-order valence-electron chi connectivity index (χ3n) is 5.20. The molecule has 0 radical (unpaired) electrons. The van der Waals surface area contributed by atoms with E-state index in [0.29, 0.717) is 30.8 Å². The number of amides is 1. The molecule has 6 nitrogen and oxygen atoms in total. The fraction of sp³-hybridized carbons (Fsp3) is 0.417. The zero-order valence-electron chi connectivity index (χ0n) is 18.8. The first kappa shape index (κ1) is 25.9. The molecule has 0 aromatic heterocycles. The van der Waals surface area contributed by atoms with Crippen LogP contribution in [0.15, 0.2) is 53.5 Å². The summed E-state index contributed by atoms with van der Waals surface area (Å²) in [4.78, 5) is 16.1. The van der Waals surface area contributed by atoms with Gasteiger partial charge in [-0.2, -0.15) is 0 Å². The van der Waals surface area contributed by atoms with Crippen molar-refractivity contribution < 1.29 is 13.9 Å². The molecule has 0 spiro atoms. The van der Waals surface area contributed by atoms with Gasteiger partial charge in [-0.3, -0.25) is 9.79 Å². The average molecular weight is 554 g/mol. The minimum Gasteiger partial charge on any atom is -0.484 e. The SMILES string of the molecule is CN=C(NCc1cccc(OCC(=O)NC2CC2)c1)NCC(C)(C)c1cccc(F)c1.I. The molecule has 0 unspecified atom stereocenters. The minimum atomic E-state index is -0.269. The Kier molecular flexibility index (Phi) is 9.74. The molecule has 32 heavy (non-hydrogen) atoms. The summed E-state index contributed by atoms with van der Waals surface area (Å²) in [6.45, 7) is 5.27. The van der Waals surface area contributed by atoms with Gasteiger partial charge in [-0.25, -0.2) is 4.39 Å². The second-order valence-corrected chi connectivity index (χ2v) is 8.45. The Labute approximate surface area is 206 Å². The molecule has 0 saturated heterocycles. The monoisotopic (exact) mass is 554 g/mol. The highest BCUT2D eigenvalue weighted by atomic mass is 127. The van der Waals surface area contributed by atoms with Crippen molar-refractivity contribution in [2.75, 3.05) is 20.2 Å². The Morgan fingerprint density at radius 1 is 1.16 bits per heavy atom. The van der Waals surface area contributed by atoms with E-state index >= 15 is 0 Å². The van der Waals surface area contributed by atoms with Gasteiger partial charge in [0.05, 0.1) is 0 Å². The maximum atomic E-state index is 13.6. The molecule has 3 N–H and O–H groups in total. The van der Waals surface area contributed by atoms with Gasteiger partial charge in [-0.05, 0) is 48.2 Å². The number of benzene rings is 2. The Hall–Kier alpha value is -2.36. The van der Waals surface area contributed by atoms with E-state index in [1.807, 2.05) is 30.3 Å². The molecular weight excluding hydrogens is 522 g/mol. The molecule has 1 aliphatic rings. The van der Waals surface area contributed by atoms with Crippen LogP contribution in [0.1, 0.15) is 37.8 Å². The van der Waals surface area contributed by atoms with E-state index in [1.165, 1.54) is 6.07 Å². The van der Waals surface area contributed by atoms with E-state index in [9.17, 15) is 9.18 Å². The second kappa shape index (κ2) is 12.0. The largest absolute Gasteiger partial charge is 0.484 e. The first-order valence-electron chi connectivity index (χ1n) is 10.6. The Morgan fingerprint density at radius 3 is 2.59 bits per heavy atom. The van der Waals surface area contributed by atoms with Crippen LogP contribution in [0.25, 0.3) is 0 Å². The predicted octanol–water partition coefficient (Wildman–Crippen LogP) is 3.74. The summed E-state index contributed by atoms with van der Waals surface area (Å²) in [6, 6.07) is 14.6. The average Bonchev–Trinajstić information content (AvgIpc) is 3.56. The molecule has 2 aromatic carbocycles. The summed E-state index contributed by atoms with van der Waals surface area (Å²) < 4.78 is 19.2. The number of rotatable bonds is 9. The number of halogens is 2. The van der Waals surface area contributed by atoms with Crippen molar-refractivity contribution in [3.63, 3.8) is 0 Å². The zero-order valence-corrected chi connectivity index (χ0v) is 21.1. The minimum absolute atomic E-state index is 0. The maximum absolute atomic E-state index is 13.6. The van der Waals surface area contributed by atoms with Crippen molar-refractivity contribution in [3.8, 4) is 5.75 Å². The van der Waals surface area contributed by atoms with E-state index < -0.39 is 0 Å². The van der Waals surface area contributed by atoms with Crippen LogP contribution in [0.3, 0.4) is 0 Å². The van der Waals surface area contributed by atoms with Crippen LogP contribution in [-0.2, 0) is 16.8 Å². The lowest BCUT2D eigenvalue weighted by Gasteiger charge is -2.27. The van der Waals surface area contributed by atoms with Gasteiger partial charge < -0.3 is 20.7 Å². The summed E-state index contributed by atoms with van der Waals surface area (Å²) in [5.74, 6) is 0.983. The lowest BCUT2D eigenvalue weighted by molar-refractivity contribution is -0.123. The molecular formula is C24H32FIN4O2. The van der Waals surface area contributed by atoms with Gasteiger partial charge in [0.25, 0.3) is 5.91 Å². The topological polar surface area (TPSA) is 74.8 Å². The van der Waals surface area contributed by atoms with Crippen molar-refractivity contribution in [2.24, 2.45) is 4.99 Å². The van der Waals surface area contributed by atoms with Crippen molar-refractivity contribution in [1.82, 2.24) is 16.0 Å². The summed E-state index contributed by atoms with van der Waals surface area (Å²) in [5, 5.41) is 9.49. The summed E-state index contributed by atoms with van der Waals surface area (Å²) in [5.41, 5.74) is 1.66. The fourth-order valence-corrected chi connectivity index (χ4v) is 3.11. The van der Waals surface area contributed by atoms with Crippen LogP contribution in [0.5, 0.6) is 5.75 Å². The van der Waals surface area contributed by atoms with Crippen molar-refractivity contribution in [2.45, 2.75) is 44.7 Å². The molecule has 1 amide bonds. The van der Waals surface area contributed by atoms with Crippen LogP contribution in [0, 0.1) is 5.82 Å². The van der Waals surface area contributed by atoms with Gasteiger partial charge in [0.15, 0.2) is 12.6 Å². The molecule has 3 rings (SSSR count). The fourth-order valence-electron chi connectivity index (χ4n) is 3.11. The molecule has 1 aliphatic carbocycles. The smallest absolute Gasteiger partial charge is 0.258 e. The molecule has 0 bridgehead atoms. The van der Waals surface area contributed by atoms with E-state index in [4.69, 9.17) is 4.74 Å².